The highest BCUT2D eigenvalue weighted by molar-refractivity contribution is 8.00. The van der Waals surface area contributed by atoms with Crippen LogP contribution >= 0.6 is 11.8 Å². The minimum Gasteiger partial charge on any atom is -0.489 e. The molecule has 34 heavy (non-hydrogen) atoms. The van der Waals surface area contributed by atoms with Crippen molar-refractivity contribution in [2.24, 2.45) is 4.99 Å². The molecule has 4 rings (SSSR count). The third kappa shape index (κ3) is 5.59. The van der Waals surface area contributed by atoms with Gasteiger partial charge in [0.05, 0.1) is 29.4 Å². The van der Waals surface area contributed by atoms with E-state index in [1.807, 2.05) is 45.3 Å². The third-order valence-electron chi connectivity index (χ3n) is 6.04. The first-order valence-electron chi connectivity index (χ1n) is 11.6. The molecule has 2 N–H and O–H groups in total. The van der Waals surface area contributed by atoms with E-state index in [4.69, 9.17) is 14.5 Å². The number of anilines is 1. The topological polar surface area (TPSA) is 89.0 Å². The summed E-state index contributed by atoms with van der Waals surface area (Å²) in [4.78, 5) is 4.81. The second-order valence-electron chi connectivity index (χ2n) is 8.82. The van der Waals surface area contributed by atoms with Crippen molar-refractivity contribution in [2.45, 2.75) is 49.5 Å². The molecule has 2 aromatic rings. The number of sulfonamides is 1. The Morgan fingerprint density at radius 1 is 1.21 bits per heavy atom. The van der Waals surface area contributed by atoms with E-state index < -0.39 is 10.0 Å². The van der Waals surface area contributed by atoms with Crippen molar-refractivity contribution in [3.8, 4) is 5.75 Å². The fourth-order valence-corrected chi connectivity index (χ4v) is 6.89. The van der Waals surface area contributed by atoms with Gasteiger partial charge >= 0.3 is 0 Å². The Labute approximate surface area is 206 Å². The summed E-state index contributed by atoms with van der Waals surface area (Å²) in [6, 6.07) is 12.2. The predicted octanol–water partition coefficient (Wildman–Crippen LogP) is 4.63. The van der Waals surface area contributed by atoms with Gasteiger partial charge in [-0.15, -0.1) is 11.8 Å². The molecular formula is C25H33N3O4S2. The van der Waals surface area contributed by atoms with Gasteiger partial charge in [0.2, 0.25) is 10.0 Å². The highest BCUT2D eigenvalue weighted by Crippen LogP contribution is 2.49. The van der Waals surface area contributed by atoms with Gasteiger partial charge in [-0.3, -0.25) is 4.99 Å². The van der Waals surface area contributed by atoms with Crippen LogP contribution in [0, 0.1) is 0 Å². The summed E-state index contributed by atoms with van der Waals surface area (Å²) in [5.74, 6) is 0.807. The number of methoxy groups -OCH3 is 1. The van der Waals surface area contributed by atoms with Crippen LogP contribution in [0.15, 0.2) is 41.4 Å². The molecule has 0 radical (unpaired) electrons. The van der Waals surface area contributed by atoms with Crippen molar-refractivity contribution in [1.29, 1.82) is 0 Å². The molecule has 1 aliphatic heterocycles. The molecule has 1 heterocycles. The summed E-state index contributed by atoms with van der Waals surface area (Å²) >= 11 is 1.80. The maximum atomic E-state index is 12.4. The summed E-state index contributed by atoms with van der Waals surface area (Å²) in [5, 5.41) is 3.37. The third-order valence-corrected chi connectivity index (χ3v) is 8.71. The second-order valence-corrected chi connectivity index (χ2v) is 11.9. The Bertz CT molecular complexity index is 1150. The molecule has 0 fully saturated rings. The van der Waals surface area contributed by atoms with Gasteiger partial charge in [-0.05, 0) is 61.1 Å². The van der Waals surface area contributed by atoms with Gasteiger partial charge in [0.1, 0.15) is 11.1 Å². The van der Waals surface area contributed by atoms with Gasteiger partial charge in [0, 0.05) is 26.4 Å². The lowest BCUT2D eigenvalue weighted by atomic mass is 10.0. The summed E-state index contributed by atoms with van der Waals surface area (Å²) in [5.41, 5.74) is 5.61. The molecule has 2 aliphatic rings. The molecule has 3 atom stereocenters. The molecule has 0 saturated heterocycles. The van der Waals surface area contributed by atoms with E-state index in [-0.39, 0.29) is 35.1 Å². The van der Waals surface area contributed by atoms with Gasteiger partial charge in [0.25, 0.3) is 0 Å². The predicted molar refractivity (Wildman–Crippen MR) is 140 cm³/mol. The minimum absolute atomic E-state index is 0.00537. The Hall–Kier alpha value is -2.07. The first kappa shape index (κ1) is 25.0. The van der Waals surface area contributed by atoms with Gasteiger partial charge in [-0.1, -0.05) is 24.3 Å². The number of hydrogen-bond donors (Lipinski definition) is 2. The van der Waals surface area contributed by atoms with Gasteiger partial charge < -0.3 is 14.8 Å². The minimum atomic E-state index is -3.39. The number of hydrogen-bond acceptors (Lipinski definition) is 7. The quantitative estimate of drug-likeness (QED) is 0.492. The number of thioether (sulfide) groups is 1. The van der Waals surface area contributed by atoms with Crippen LogP contribution in [-0.4, -0.2) is 47.3 Å². The molecule has 184 valence electrons. The van der Waals surface area contributed by atoms with Crippen LogP contribution in [0.1, 0.15) is 59.2 Å². The van der Waals surface area contributed by atoms with Crippen LogP contribution in [-0.2, 0) is 21.2 Å². The maximum Gasteiger partial charge on any atom is 0.214 e. The SMILES string of the molecule is CNc1cc(C2N=CC(c3cccc4c3CCC4NS(=O)(=O)CCOC)S2)ccc1OC(C)C. The van der Waals surface area contributed by atoms with Crippen LogP contribution < -0.4 is 14.8 Å². The largest absolute Gasteiger partial charge is 0.489 e. The fourth-order valence-electron chi connectivity index (χ4n) is 4.48. The molecule has 7 nitrogen and oxygen atoms in total. The molecule has 0 amide bonds. The summed E-state index contributed by atoms with van der Waals surface area (Å²) < 4.78 is 38.5. The zero-order valence-electron chi connectivity index (χ0n) is 20.1. The van der Waals surface area contributed by atoms with E-state index in [1.54, 1.807) is 11.8 Å². The zero-order chi connectivity index (χ0) is 24.3. The van der Waals surface area contributed by atoms with E-state index in [0.29, 0.717) is 0 Å². The lowest BCUT2D eigenvalue weighted by Crippen LogP contribution is -2.31. The number of rotatable bonds is 10. The van der Waals surface area contributed by atoms with E-state index in [9.17, 15) is 8.42 Å². The summed E-state index contributed by atoms with van der Waals surface area (Å²) in [6.07, 6.45) is 3.75. The van der Waals surface area contributed by atoms with E-state index in [2.05, 4.69) is 28.2 Å². The van der Waals surface area contributed by atoms with Crippen molar-refractivity contribution >= 4 is 33.7 Å². The lowest BCUT2D eigenvalue weighted by molar-refractivity contribution is 0.216. The van der Waals surface area contributed by atoms with Crippen molar-refractivity contribution in [2.75, 3.05) is 31.8 Å². The molecule has 1 aliphatic carbocycles. The average molecular weight is 504 g/mol. The maximum absolute atomic E-state index is 12.4. The molecule has 0 saturated carbocycles. The Kier molecular flexibility index (Phi) is 7.87. The van der Waals surface area contributed by atoms with Gasteiger partial charge in [-0.2, -0.15) is 0 Å². The molecule has 0 bridgehead atoms. The van der Waals surface area contributed by atoms with Crippen LogP contribution in [0.2, 0.25) is 0 Å². The van der Waals surface area contributed by atoms with Gasteiger partial charge in [0.15, 0.2) is 0 Å². The van der Waals surface area contributed by atoms with Crippen molar-refractivity contribution in [1.82, 2.24) is 4.72 Å². The highest BCUT2D eigenvalue weighted by atomic mass is 32.2. The monoisotopic (exact) mass is 503 g/mol. The van der Waals surface area contributed by atoms with Crippen molar-refractivity contribution in [3.63, 3.8) is 0 Å². The number of nitrogens with one attached hydrogen (secondary N) is 2. The Morgan fingerprint density at radius 3 is 2.74 bits per heavy atom. The Balaban J connectivity index is 1.50. The molecule has 2 aromatic carbocycles. The highest BCUT2D eigenvalue weighted by Gasteiger charge is 2.32. The van der Waals surface area contributed by atoms with Crippen LogP contribution in [0.4, 0.5) is 5.69 Å². The summed E-state index contributed by atoms with van der Waals surface area (Å²) in [6.45, 7) is 4.22. The molecule has 9 heteroatoms. The average Bonchev–Trinajstić information content (AvgIpc) is 3.45. The normalized spacial score (nSPS) is 21.7. The number of ether oxygens (including phenoxy) is 2. The number of nitrogens with zero attached hydrogens (tertiary/aromatic N) is 1. The molecule has 3 unspecified atom stereocenters. The van der Waals surface area contributed by atoms with Crippen LogP contribution in [0.25, 0.3) is 0 Å². The lowest BCUT2D eigenvalue weighted by Gasteiger charge is -2.18. The number of aliphatic imine (C=N–C) groups is 1. The number of fused-ring (bicyclic) bond motifs is 1. The molecule has 0 spiro atoms. The van der Waals surface area contributed by atoms with Gasteiger partial charge in [-0.25, -0.2) is 13.1 Å². The molecule has 0 aromatic heterocycles. The summed E-state index contributed by atoms with van der Waals surface area (Å²) in [7, 11) is 0.0171. The fraction of sp³-hybridized carbons (Fsp3) is 0.480. The standard InChI is InChI=1S/C25H33N3O4S2/c1-16(2)32-23-11-8-17(14-22(23)26-3)25-27-15-24(33-25)20-7-5-6-19-18(20)9-10-21(19)28-34(29,30)13-12-31-4/h5-8,11,14-16,21,24-26,28H,9-10,12-13H2,1-4H3. The van der Waals surface area contributed by atoms with Crippen LogP contribution in [0.3, 0.4) is 0 Å². The van der Waals surface area contributed by atoms with E-state index >= 15 is 0 Å². The first-order valence-corrected chi connectivity index (χ1v) is 14.2. The second kappa shape index (κ2) is 10.7. The molecular weight excluding hydrogens is 470 g/mol. The van der Waals surface area contributed by atoms with Crippen molar-refractivity contribution < 1.29 is 17.9 Å². The number of benzene rings is 2. The van der Waals surface area contributed by atoms with E-state index in [0.717, 1.165) is 35.4 Å². The van der Waals surface area contributed by atoms with Crippen molar-refractivity contribution in [3.05, 3.63) is 58.7 Å². The van der Waals surface area contributed by atoms with Crippen LogP contribution in [0.5, 0.6) is 5.75 Å². The van der Waals surface area contributed by atoms with E-state index in [1.165, 1.54) is 18.2 Å². The zero-order valence-corrected chi connectivity index (χ0v) is 21.7. The first-order chi connectivity index (χ1) is 16.3. The Morgan fingerprint density at radius 2 is 2.00 bits per heavy atom. The smallest absolute Gasteiger partial charge is 0.214 e.